The first-order chi connectivity index (χ1) is 8.40. The lowest BCUT2D eigenvalue weighted by atomic mass is 9.99. The molecule has 2 aromatic heterocycles. The molecule has 3 rings (SSSR count). The molecule has 0 spiro atoms. The Kier molecular flexibility index (Phi) is 2.53. The van der Waals surface area contributed by atoms with E-state index in [0.717, 1.165) is 24.2 Å². The summed E-state index contributed by atoms with van der Waals surface area (Å²) < 4.78 is 5.30. The molecule has 1 aliphatic rings. The Balaban J connectivity index is 2.06. The van der Waals surface area contributed by atoms with Crippen LogP contribution in [0, 0.1) is 0 Å². The number of hydrogen-bond acceptors (Lipinski definition) is 4. The van der Waals surface area contributed by atoms with Crippen LogP contribution >= 0.6 is 0 Å². The van der Waals surface area contributed by atoms with Gasteiger partial charge in [-0.2, -0.15) is 0 Å². The average molecular weight is 230 g/mol. The number of hydrogen-bond donors (Lipinski definition) is 2. The number of nitrogens with zero attached hydrogens (tertiary/aromatic N) is 2. The zero-order chi connectivity index (χ0) is 11.7. The molecule has 5 nitrogen and oxygen atoms in total. The molecule has 0 saturated heterocycles. The SMILES string of the molecule is COc1ncccc1[C@@H]1NCCc2[nH]cnc21. The summed E-state index contributed by atoms with van der Waals surface area (Å²) in [6, 6.07) is 4.00. The van der Waals surface area contributed by atoms with Crippen LogP contribution in [0.1, 0.15) is 23.0 Å². The first-order valence-electron chi connectivity index (χ1n) is 5.64. The van der Waals surface area contributed by atoms with Gasteiger partial charge in [-0.15, -0.1) is 0 Å². The Morgan fingerprint density at radius 2 is 2.35 bits per heavy atom. The molecule has 2 aromatic rings. The van der Waals surface area contributed by atoms with Crippen molar-refractivity contribution in [1.82, 2.24) is 20.3 Å². The largest absolute Gasteiger partial charge is 0.481 e. The highest BCUT2D eigenvalue weighted by Gasteiger charge is 2.26. The third-order valence-electron chi connectivity index (χ3n) is 3.05. The number of methoxy groups -OCH3 is 1. The molecule has 0 saturated carbocycles. The lowest BCUT2D eigenvalue weighted by Crippen LogP contribution is -2.31. The normalized spacial score (nSPS) is 18.8. The number of imidazole rings is 1. The number of ether oxygens (including phenoxy) is 1. The van der Waals surface area contributed by atoms with Gasteiger partial charge in [-0.05, 0) is 6.07 Å². The minimum absolute atomic E-state index is 0.0636. The monoisotopic (exact) mass is 230 g/mol. The van der Waals surface area contributed by atoms with Crippen LogP contribution in [0.3, 0.4) is 0 Å². The summed E-state index contributed by atoms with van der Waals surface area (Å²) in [5.41, 5.74) is 3.27. The van der Waals surface area contributed by atoms with E-state index in [-0.39, 0.29) is 6.04 Å². The van der Waals surface area contributed by atoms with E-state index in [0.29, 0.717) is 5.88 Å². The van der Waals surface area contributed by atoms with Gasteiger partial charge in [0.05, 0.1) is 25.2 Å². The fourth-order valence-electron chi connectivity index (χ4n) is 2.27. The number of rotatable bonds is 2. The maximum absolute atomic E-state index is 5.30. The Hall–Kier alpha value is -1.88. The van der Waals surface area contributed by atoms with Gasteiger partial charge >= 0.3 is 0 Å². The fourth-order valence-corrected chi connectivity index (χ4v) is 2.27. The molecule has 0 unspecified atom stereocenters. The van der Waals surface area contributed by atoms with Gasteiger partial charge in [-0.3, -0.25) is 0 Å². The molecule has 88 valence electrons. The smallest absolute Gasteiger partial charge is 0.218 e. The lowest BCUT2D eigenvalue weighted by Gasteiger charge is -2.24. The second-order valence-electron chi connectivity index (χ2n) is 4.01. The number of nitrogens with one attached hydrogen (secondary N) is 2. The second kappa shape index (κ2) is 4.18. The highest BCUT2D eigenvalue weighted by atomic mass is 16.5. The molecule has 0 bridgehead atoms. The molecule has 3 heterocycles. The minimum Gasteiger partial charge on any atom is -0.481 e. The standard InChI is InChI=1S/C12H14N4O/c1-17-12-8(3-2-5-14-12)10-11-9(4-6-13-10)15-7-16-11/h2-3,5,7,10,13H,4,6H2,1H3,(H,15,16)/t10-/m0/s1. The summed E-state index contributed by atoms with van der Waals surface area (Å²) in [5, 5.41) is 3.45. The summed E-state index contributed by atoms with van der Waals surface area (Å²) in [4.78, 5) is 11.8. The van der Waals surface area contributed by atoms with Gasteiger partial charge in [0.2, 0.25) is 5.88 Å². The molecular weight excluding hydrogens is 216 g/mol. The van der Waals surface area contributed by atoms with Crippen molar-refractivity contribution in [2.75, 3.05) is 13.7 Å². The van der Waals surface area contributed by atoms with Crippen molar-refractivity contribution in [1.29, 1.82) is 0 Å². The molecule has 0 aromatic carbocycles. The molecule has 0 fully saturated rings. The van der Waals surface area contributed by atoms with Gasteiger partial charge in [0.15, 0.2) is 0 Å². The molecule has 0 aliphatic carbocycles. The van der Waals surface area contributed by atoms with Gasteiger partial charge in [0, 0.05) is 30.4 Å². The van der Waals surface area contributed by atoms with Crippen LogP contribution in [0.5, 0.6) is 5.88 Å². The highest BCUT2D eigenvalue weighted by molar-refractivity contribution is 5.37. The summed E-state index contributed by atoms with van der Waals surface area (Å²) in [5.74, 6) is 0.654. The first-order valence-corrected chi connectivity index (χ1v) is 5.64. The van der Waals surface area contributed by atoms with Crippen molar-refractivity contribution < 1.29 is 4.74 Å². The van der Waals surface area contributed by atoms with Crippen LogP contribution in [0.2, 0.25) is 0 Å². The third-order valence-corrected chi connectivity index (χ3v) is 3.05. The van der Waals surface area contributed by atoms with Crippen molar-refractivity contribution >= 4 is 0 Å². The van der Waals surface area contributed by atoms with Crippen molar-refractivity contribution in [3.63, 3.8) is 0 Å². The van der Waals surface area contributed by atoms with E-state index in [1.54, 1.807) is 19.6 Å². The number of aromatic amines is 1. The molecule has 2 N–H and O–H groups in total. The quantitative estimate of drug-likeness (QED) is 0.809. The van der Waals surface area contributed by atoms with E-state index in [1.165, 1.54) is 5.69 Å². The van der Waals surface area contributed by atoms with Crippen LogP contribution in [-0.2, 0) is 6.42 Å². The lowest BCUT2D eigenvalue weighted by molar-refractivity contribution is 0.385. The maximum atomic E-state index is 5.30. The highest BCUT2D eigenvalue weighted by Crippen LogP contribution is 2.30. The topological polar surface area (TPSA) is 62.8 Å². The van der Waals surface area contributed by atoms with E-state index >= 15 is 0 Å². The van der Waals surface area contributed by atoms with Crippen molar-refractivity contribution in [3.8, 4) is 5.88 Å². The van der Waals surface area contributed by atoms with Gasteiger partial charge in [-0.1, -0.05) is 6.07 Å². The zero-order valence-electron chi connectivity index (χ0n) is 9.60. The van der Waals surface area contributed by atoms with Gasteiger partial charge in [0.25, 0.3) is 0 Å². The van der Waals surface area contributed by atoms with Crippen LogP contribution in [0.4, 0.5) is 0 Å². The number of H-pyrrole nitrogens is 1. The molecule has 5 heteroatoms. The van der Waals surface area contributed by atoms with Gasteiger partial charge < -0.3 is 15.0 Å². The average Bonchev–Trinajstić information content (AvgIpc) is 2.86. The van der Waals surface area contributed by atoms with Crippen molar-refractivity contribution in [2.45, 2.75) is 12.5 Å². The van der Waals surface area contributed by atoms with Gasteiger partial charge in [0.1, 0.15) is 0 Å². The zero-order valence-corrected chi connectivity index (χ0v) is 9.60. The van der Waals surface area contributed by atoms with Crippen LogP contribution < -0.4 is 10.1 Å². The summed E-state index contributed by atoms with van der Waals surface area (Å²) in [6.45, 7) is 0.928. The summed E-state index contributed by atoms with van der Waals surface area (Å²) in [7, 11) is 1.64. The molecule has 0 amide bonds. The third kappa shape index (κ3) is 1.68. The Bertz CT molecular complexity index is 523. The number of pyridine rings is 1. The predicted octanol–water partition coefficient (Wildman–Crippen LogP) is 1.05. The van der Waals surface area contributed by atoms with Gasteiger partial charge in [-0.25, -0.2) is 9.97 Å². The molecule has 0 radical (unpaired) electrons. The number of aromatic nitrogens is 3. The predicted molar refractivity (Wildman–Crippen MR) is 62.9 cm³/mol. The Morgan fingerprint density at radius 3 is 3.24 bits per heavy atom. The maximum Gasteiger partial charge on any atom is 0.218 e. The van der Waals surface area contributed by atoms with E-state index in [9.17, 15) is 0 Å². The summed E-state index contributed by atoms with van der Waals surface area (Å²) >= 11 is 0. The van der Waals surface area contributed by atoms with E-state index < -0.39 is 0 Å². The molecule has 17 heavy (non-hydrogen) atoms. The molecular formula is C12H14N4O. The molecule has 1 aliphatic heterocycles. The Labute approximate surface area is 99.3 Å². The van der Waals surface area contributed by atoms with Crippen LogP contribution in [-0.4, -0.2) is 28.6 Å². The first kappa shape index (κ1) is 10.3. The minimum atomic E-state index is 0.0636. The van der Waals surface area contributed by atoms with E-state index in [4.69, 9.17) is 4.74 Å². The van der Waals surface area contributed by atoms with E-state index in [1.807, 2.05) is 12.1 Å². The second-order valence-corrected chi connectivity index (χ2v) is 4.01. The fraction of sp³-hybridized carbons (Fsp3) is 0.333. The van der Waals surface area contributed by atoms with E-state index in [2.05, 4.69) is 20.3 Å². The molecule has 1 atom stereocenters. The van der Waals surface area contributed by atoms with Crippen LogP contribution in [0.25, 0.3) is 0 Å². The van der Waals surface area contributed by atoms with Crippen molar-refractivity contribution in [2.24, 2.45) is 0 Å². The Morgan fingerprint density at radius 1 is 1.41 bits per heavy atom. The number of fused-ring (bicyclic) bond motifs is 1. The van der Waals surface area contributed by atoms with Crippen LogP contribution in [0.15, 0.2) is 24.7 Å². The van der Waals surface area contributed by atoms with Crippen molar-refractivity contribution in [3.05, 3.63) is 41.6 Å². The summed E-state index contributed by atoms with van der Waals surface area (Å²) in [6.07, 6.45) is 4.46.